The van der Waals surface area contributed by atoms with Crippen molar-refractivity contribution in [2.75, 3.05) is 11.4 Å². The summed E-state index contributed by atoms with van der Waals surface area (Å²) in [5, 5.41) is 8.87. The average Bonchev–Trinajstić information content (AvgIpc) is 2.84. The van der Waals surface area contributed by atoms with Crippen LogP contribution in [0, 0.1) is 6.92 Å². The van der Waals surface area contributed by atoms with Gasteiger partial charge in [-0.25, -0.2) is 4.79 Å². The van der Waals surface area contributed by atoms with E-state index in [4.69, 9.17) is 9.52 Å². The maximum Gasteiger partial charge on any atom is 0.338 e. The molecule has 1 heterocycles. The number of anilines is 1. The summed E-state index contributed by atoms with van der Waals surface area (Å²) in [6.45, 7) is 5.50. The molecular weight excluding hydrogens is 242 g/mol. The third-order valence-electron chi connectivity index (χ3n) is 3.00. The molecule has 1 N–H and O–H groups in total. The molecule has 0 saturated carbocycles. The third kappa shape index (κ3) is 3.16. The van der Waals surface area contributed by atoms with Crippen molar-refractivity contribution in [2.45, 2.75) is 20.4 Å². The Kier molecular flexibility index (Phi) is 3.90. The van der Waals surface area contributed by atoms with Crippen LogP contribution in [-0.4, -0.2) is 17.6 Å². The lowest BCUT2D eigenvalue weighted by molar-refractivity contribution is 0.0696. The molecule has 0 aliphatic heterocycles. The number of hydrogen-bond donors (Lipinski definition) is 1. The molecule has 4 heteroatoms. The summed E-state index contributed by atoms with van der Waals surface area (Å²) in [7, 11) is 0. The number of rotatable bonds is 5. The topological polar surface area (TPSA) is 53.7 Å². The first-order chi connectivity index (χ1) is 9.10. The van der Waals surface area contributed by atoms with Gasteiger partial charge < -0.3 is 14.4 Å². The Morgan fingerprint density at radius 1 is 1.37 bits per heavy atom. The zero-order valence-electron chi connectivity index (χ0n) is 11.1. The highest BCUT2D eigenvalue weighted by molar-refractivity contribution is 5.87. The van der Waals surface area contributed by atoms with Crippen molar-refractivity contribution < 1.29 is 14.3 Å². The van der Waals surface area contributed by atoms with Crippen LogP contribution in [0.4, 0.5) is 5.69 Å². The number of carboxylic acids is 1. The summed E-state index contributed by atoms with van der Waals surface area (Å²) in [6.07, 6.45) is 1.28. The fourth-order valence-corrected chi connectivity index (χ4v) is 1.97. The van der Waals surface area contributed by atoms with Gasteiger partial charge in [-0.05, 0) is 37.6 Å². The highest BCUT2D eigenvalue weighted by Crippen LogP contribution is 2.19. The van der Waals surface area contributed by atoms with Gasteiger partial charge in [0.15, 0.2) is 0 Å². The number of carboxylic acid groups (broad SMARTS) is 1. The summed E-state index contributed by atoms with van der Waals surface area (Å²) >= 11 is 0. The molecule has 0 fully saturated rings. The average molecular weight is 259 g/mol. The molecule has 0 spiro atoms. The van der Waals surface area contributed by atoms with E-state index in [0.717, 1.165) is 12.2 Å². The van der Waals surface area contributed by atoms with Crippen LogP contribution in [0.25, 0.3) is 0 Å². The molecule has 0 aliphatic rings. The van der Waals surface area contributed by atoms with Gasteiger partial charge in [0, 0.05) is 12.2 Å². The highest BCUT2D eigenvalue weighted by atomic mass is 16.4. The van der Waals surface area contributed by atoms with Crippen molar-refractivity contribution in [1.29, 1.82) is 0 Å². The van der Waals surface area contributed by atoms with Crippen LogP contribution in [0.3, 0.4) is 0 Å². The molecule has 2 rings (SSSR count). The van der Waals surface area contributed by atoms with Crippen LogP contribution in [0.5, 0.6) is 0 Å². The van der Waals surface area contributed by atoms with Crippen LogP contribution in [0.1, 0.15) is 28.6 Å². The molecule has 1 aromatic carbocycles. The minimum atomic E-state index is -0.964. The van der Waals surface area contributed by atoms with Crippen LogP contribution >= 0.6 is 0 Å². The lowest BCUT2D eigenvalue weighted by Gasteiger charge is -2.22. The second-order valence-corrected chi connectivity index (χ2v) is 4.46. The fraction of sp³-hybridized carbons (Fsp3) is 0.267. The Morgan fingerprint density at radius 3 is 2.74 bits per heavy atom. The van der Waals surface area contributed by atoms with Gasteiger partial charge in [-0.15, -0.1) is 0 Å². The zero-order valence-corrected chi connectivity index (χ0v) is 11.1. The Bertz CT molecular complexity index is 574. The Hall–Kier alpha value is -2.23. The van der Waals surface area contributed by atoms with Gasteiger partial charge in [0.05, 0.1) is 12.1 Å². The number of benzene rings is 1. The zero-order chi connectivity index (χ0) is 13.8. The summed E-state index contributed by atoms with van der Waals surface area (Å²) in [5.41, 5.74) is 2.49. The number of carbonyl (C=O) groups is 1. The van der Waals surface area contributed by atoms with E-state index in [9.17, 15) is 4.79 Å². The van der Waals surface area contributed by atoms with Gasteiger partial charge in [0.2, 0.25) is 0 Å². The smallest absolute Gasteiger partial charge is 0.338 e. The SMILES string of the molecule is CCN(Cc1cc(C(=O)O)co1)c1cccc(C)c1. The molecule has 4 nitrogen and oxygen atoms in total. The van der Waals surface area contributed by atoms with Crippen molar-refractivity contribution in [3.63, 3.8) is 0 Å². The number of furan rings is 1. The normalized spacial score (nSPS) is 10.4. The Labute approximate surface area is 112 Å². The van der Waals surface area contributed by atoms with E-state index in [1.54, 1.807) is 6.07 Å². The maximum absolute atomic E-state index is 10.8. The van der Waals surface area contributed by atoms with Gasteiger partial charge in [0.25, 0.3) is 0 Å². The monoisotopic (exact) mass is 259 g/mol. The molecule has 100 valence electrons. The lowest BCUT2D eigenvalue weighted by Crippen LogP contribution is -2.21. The van der Waals surface area contributed by atoms with Crippen LogP contribution in [0.15, 0.2) is 41.0 Å². The number of nitrogens with zero attached hydrogens (tertiary/aromatic N) is 1. The molecule has 2 aromatic rings. The number of aromatic carboxylic acids is 1. The first kappa shape index (κ1) is 13.2. The fourth-order valence-electron chi connectivity index (χ4n) is 1.97. The first-order valence-electron chi connectivity index (χ1n) is 6.22. The molecule has 0 saturated heterocycles. The quantitative estimate of drug-likeness (QED) is 0.895. The van der Waals surface area contributed by atoms with Crippen molar-refractivity contribution >= 4 is 11.7 Å². The standard InChI is InChI=1S/C15H17NO3/c1-3-16(13-6-4-5-11(2)7-13)9-14-8-12(10-19-14)15(17)18/h4-8,10H,3,9H2,1-2H3,(H,17,18). The molecule has 0 radical (unpaired) electrons. The predicted molar refractivity (Wildman–Crippen MR) is 73.6 cm³/mol. The van der Waals surface area contributed by atoms with Crippen LogP contribution in [-0.2, 0) is 6.54 Å². The summed E-state index contributed by atoms with van der Waals surface area (Å²) in [5.74, 6) is -0.311. The molecule has 1 aromatic heterocycles. The van der Waals surface area contributed by atoms with E-state index in [0.29, 0.717) is 12.3 Å². The summed E-state index contributed by atoms with van der Waals surface area (Å²) in [4.78, 5) is 12.9. The minimum Gasteiger partial charge on any atom is -0.478 e. The van der Waals surface area contributed by atoms with E-state index < -0.39 is 5.97 Å². The van der Waals surface area contributed by atoms with Gasteiger partial charge in [-0.2, -0.15) is 0 Å². The molecule has 0 atom stereocenters. The van der Waals surface area contributed by atoms with Crippen LogP contribution < -0.4 is 4.90 Å². The maximum atomic E-state index is 10.8. The second-order valence-electron chi connectivity index (χ2n) is 4.46. The molecule has 0 bridgehead atoms. The van der Waals surface area contributed by atoms with Crippen molar-refractivity contribution in [3.05, 3.63) is 53.5 Å². The van der Waals surface area contributed by atoms with Gasteiger partial charge in [0.1, 0.15) is 12.0 Å². The second kappa shape index (κ2) is 5.61. The molecule has 0 amide bonds. The predicted octanol–water partition coefficient (Wildman–Crippen LogP) is 3.31. The molecule has 0 aliphatic carbocycles. The van der Waals surface area contributed by atoms with Gasteiger partial charge in [-0.3, -0.25) is 0 Å². The Morgan fingerprint density at radius 2 is 2.16 bits per heavy atom. The van der Waals surface area contributed by atoms with Gasteiger partial charge in [-0.1, -0.05) is 12.1 Å². The van der Waals surface area contributed by atoms with Crippen molar-refractivity contribution in [3.8, 4) is 0 Å². The van der Waals surface area contributed by atoms with Crippen molar-refractivity contribution in [2.24, 2.45) is 0 Å². The van der Waals surface area contributed by atoms with Crippen molar-refractivity contribution in [1.82, 2.24) is 0 Å². The van der Waals surface area contributed by atoms with E-state index in [-0.39, 0.29) is 5.56 Å². The van der Waals surface area contributed by atoms with E-state index in [1.165, 1.54) is 11.8 Å². The lowest BCUT2D eigenvalue weighted by atomic mass is 10.2. The minimum absolute atomic E-state index is 0.190. The molecule has 0 unspecified atom stereocenters. The van der Waals surface area contributed by atoms with E-state index in [1.807, 2.05) is 25.1 Å². The number of aryl methyl sites for hydroxylation is 1. The third-order valence-corrected chi connectivity index (χ3v) is 3.00. The first-order valence-corrected chi connectivity index (χ1v) is 6.22. The highest BCUT2D eigenvalue weighted by Gasteiger charge is 2.11. The largest absolute Gasteiger partial charge is 0.478 e. The number of hydrogen-bond acceptors (Lipinski definition) is 3. The van der Waals surface area contributed by atoms with E-state index >= 15 is 0 Å². The van der Waals surface area contributed by atoms with Gasteiger partial charge >= 0.3 is 5.97 Å². The summed E-state index contributed by atoms with van der Waals surface area (Å²) in [6, 6.07) is 9.77. The van der Waals surface area contributed by atoms with E-state index in [2.05, 4.69) is 17.9 Å². The molecule has 19 heavy (non-hydrogen) atoms. The van der Waals surface area contributed by atoms with Crippen LogP contribution in [0.2, 0.25) is 0 Å². The molecular formula is C15H17NO3. The Balaban J connectivity index is 2.16. The summed E-state index contributed by atoms with van der Waals surface area (Å²) < 4.78 is 5.29.